The van der Waals surface area contributed by atoms with E-state index in [4.69, 9.17) is 10.5 Å². The zero-order valence-electron chi connectivity index (χ0n) is 10.8. The minimum absolute atomic E-state index is 0.172. The molecule has 0 aromatic heterocycles. The van der Waals surface area contributed by atoms with Gasteiger partial charge in [0.25, 0.3) is 0 Å². The Kier molecular flexibility index (Phi) is 4.81. The van der Waals surface area contributed by atoms with Gasteiger partial charge in [-0.25, -0.2) is 0 Å². The Labute approximate surface area is 98.8 Å². The first-order valence-corrected chi connectivity index (χ1v) is 6.03. The second-order valence-electron chi connectivity index (χ2n) is 4.57. The fraction of sp³-hybridized carbons (Fsp3) is 0.571. The van der Waals surface area contributed by atoms with E-state index in [-0.39, 0.29) is 6.04 Å². The minimum Gasteiger partial charge on any atom is -0.493 e. The van der Waals surface area contributed by atoms with E-state index in [9.17, 15) is 0 Å². The average molecular weight is 221 g/mol. The van der Waals surface area contributed by atoms with Crippen molar-refractivity contribution >= 4 is 0 Å². The van der Waals surface area contributed by atoms with E-state index in [0.29, 0.717) is 0 Å². The smallest absolute Gasteiger partial charge is 0.122 e. The Morgan fingerprint density at radius 1 is 1.25 bits per heavy atom. The van der Waals surface area contributed by atoms with Gasteiger partial charge in [-0.3, -0.25) is 0 Å². The number of hydrogen-bond donors (Lipinski definition) is 1. The Balaban J connectivity index is 2.96. The number of hydrogen-bond acceptors (Lipinski definition) is 2. The summed E-state index contributed by atoms with van der Waals surface area (Å²) in [5.41, 5.74) is 9.67. The molecule has 0 spiro atoms. The summed E-state index contributed by atoms with van der Waals surface area (Å²) in [6.45, 7) is 9.16. The van der Waals surface area contributed by atoms with Crippen LogP contribution in [0.1, 0.15) is 37.0 Å². The average Bonchev–Trinajstić information content (AvgIpc) is 2.20. The van der Waals surface area contributed by atoms with Crippen LogP contribution >= 0.6 is 0 Å². The lowest BCUT2D eigenvalue weighted by molar-refractivity contribution is 0.313. The third-order valence-electron chi connectivity index (χ3n) is 2.68. The standard InChI is InChI=1S/C14H23NO/c1-5-6-16-14-8-11(3)10(2)7-13(14)9-12(4)15/h7-8,12H,5-6,9,15H2,1-4H3. The van der Waals surface area contributed by atoms with Crippen molar-refractivity contribution in [3.05, 3.63) is 28.8 Å². The fourth-order valence-electron chi connectivity index (χ4n) is 1.70. The van der Waals surface area contributed by atoms with Gasteiger partial charge < -0.3 is 10.5 Å². The van der Waals surface area contributed by atoms with E-state index in [0.717, 1.165) is 25.2 Å². The van der Waals surface area contributed by atoms with E-state index < -0.39 is 0 Å². The van der Waals surface area contributed by atoms with Crippen LogP contribution in [0.4, 0.5) is 0 Å². The highest BCUT2D eigenvalue weighted by Gasteiger charge is 2.08. The molecule has 0 radical (unpaired) electrons. The van der Waals surface area contributed by atoms with Crippen LogP contribution in [0.5, 0.6) is 5.75 Å². The summed E-state index contributed by atoms with van der Waals surface area (Å²) in [4.78, 5) is 0. The largest absolute Gasteiger partial charge is 0.493 e. The first-order valence-electron chi connectivity index (χ1n) is 6.03. The molecule has 0 saturated carbocycles. The molecule has 1 unspecified atom stereocenters. The molecule has 1 atom stereocenters. The summed E-state index contributed by atoms with van der Waals surface area (Å²) in [6, 6.07) is 4.50. The summed E-state index contributed by atoms with van der Waals surface area (Å²) in [5.74, 6) is 1.00. The Morgan fingerprint density at radius 3 is 2.44 bits per heavy atom. The van der Waals surface area contributed by atoms with Gasteiger partial charge >= 0.3 is 0 Å². The summed E-state index contributed by atoms with van der Waals surface area (Å²) in [5, 5.41) is 0. The number of benzene rings is 1. The highest BCUT2D eigenvalue weighted by atomic mass is 16.5. The van der Waals surface area contributed by atoms with Gasteiger partial charge in [-0.1, -0.05) is 13.0 Å². The van der Waals surface area contributed by atoms with Crippen molar-refractivity contribution in [2.45, 2.75) is 46.6 Å². The van der Waals surface area contributed by atoms with Gasteiger partial charge in [-0.2, -0.15) is 0 Å². The Bertz CT molecular complexity index is 345. The monoisotopic (exact) mass is 221 g/mol. The van der Waals surface area contributed by atoms with Gasteiger partial charge in [0.05, 0.1) is 6.61 Å². The van der Waals surface area contributed by atoms with Gasteiger partial charge in [0.1, 0.15) is 5.75 Å². The van der Waals surface area contributed by atoms with Crippen LogP contribution in [0.2, 0.25) is 0 Å². The van der Waals surface area contributed by atoms with Gasteiger partial charge in [0.2, 0.25) is 0 Å². The third-order valence-corrected chi connectivity index (χ3v) is 2.68. The Morgan fingerprint density at radius 2 is 1.88 bits per heavy atom. The van der Waals surface area contributed by atoms with E-state index in [1.807, 2.05) is 6.92 Å². The molecule has 1 aromatic carbocycles. The SMILES string of the molecule is CCCOc1cc(C)c(C)cc1CC(C)N. The maximum Gasteiger partial charge on any atom is 0.122 e. The quantitative estimate of drug-likeness (QED) is 0.829. The molecule has 1 aromatic rings. The van der Waals surface area contributed by atoms with Crippen molar-refractivity contribution < 1.29 is 4.74 Å². The molecule has 2 N–H and O–H groups in total. The molecular weight excluding hydrogens is 198 g/mol. The van der Waals surface area contributed by atoms with Gasteiger partial charge in [-0.05, 0) is 56.4 Å². The first-order chi connectivity index (χ1) is 7.54. The lowest BCUT2D eigenvalue weighted by atomic mass is 10.0. The lowest BCUT2D eigenvalue weighted by Crippen LogP contribution is -2.18. The van der Waals surface area contributed by atoms with Crippen LogP contribution < -0.4 is 10.5 Å². The highest BCUT2D eigenvalue weighted by Crippen LogP contribution is 2.24. The van der Waals surface area contributed by atoms with Crippen LogP contribution in [0.3, 0.4) is 0 Å². The topological polar surface area (TPSA) is 35.2 Å². The molecule has 0 saturated heterocycles. The van der Waals surface area contributed by atoms with Crippen molar-refractivity contribution in [2.24, 2.45) is 5.73 Å². The Hall–Kier alpha value is -1.02. The second kappa shape index (κ2) is 5.90. The second-order valence-corrected chi connectivity index (χ2v) is 4.57. The molecule has 2 heteroatoms. The van der Waals surface area contributed by atoms with Gasteiger partial charge in [0.15, 0.2) is 0 Å². The number of nitrogens with two attached hydrogens (primary N) is 1. The van der Waals surface area contributed by atoms with Crippen LogP contribution in [0, 0.1) is 13.8 Å². The van der Waals surface area contributed by atoms with E-state index in [1.165, 1.54) is 16.7 Å². The maximum atomic E-state index is 5.85. The highest BCUT2D eigenvalue weighted by molar-refractivity contribution is 5.42. The van der Waals surface area contributed by atoms with Crippen LogP contribution in [-0.4, -0.2) is 12.6 Å². The molecule has 0 fully saturated rings. The molecular formula is C14H23NO. The molecule has 2 nitrogen and oxygen atoms in total. The summed E-state index contributed by atoms with van der Waals surface area (Å²) in [7, 11) is 0. The molecule has 0 aliphatic rings. The van der Waals surface area contributed by atoms with Crippen molar-refractivity contribution in [3.63, 3.8) is 0 Å². The predicted molar refractivity (Wildman–Crippen MR) is 69.1 cm³/mol. The number of ether oxygens (including phenoxy) is 1. The number of aryl methyl sites for hydroxylation is 2. The van der Waals surface area contributed by atoms with Gasteiger partial charge in [-0.15, -0.1) is 0 Å². The van der Waals surface area contributed by atoms with Crippen LogP contribution in [-0.2, 0) is 6.42 Å². The molecule has 0 amide bonds. The predicted octanol–water partition coefficient (Wildman–Crippen LogP) is 2.98. The molecule has 0 aliphatic heterocycles. The lowest BCUT2D eigenvalue weighted by Gasteiger charge is -2.15. The van der Waals surface area contributed by atoms with Gasteiger partial charge in [0, 0.05) is 6.04 Å². The summed E-state index contributed by atoms with van der Waals surface area (Å²) in [6.07, 6.45) is 1.91. The molecule has 0 heterocycles. The zero-order valence-corrected chi connectivity index (χ0v) is 10.8. The third kappa shape index (κ3) is 3.53. The zero-order chi connectivity index (χ0) is 12.1. The first kappa shape index (κ1) is 13.0. The van der Waals surface area contributed by atoms with Crippen molar-refractivity contribution in [3.8, 4) is 5.75 Å². The minimum atomic E-state index is 0.172. The van der Waals surface area contributed by atoms with Crippen molar-refractivity contribution in [1.82, 2.24) is 0 Å². The van der Waals surface area contributed by atoms with Crippen LogP contribution in [0.15, 0.2) is 12.1 Å². The molecule has 1 rings (SSSR count). The normalized spacial score (nSPS) is 12.6. The summed E-state index contributed by atoms with van der Waals surface area (Å²) >= 11 is 0. The van der Waals surface area contributed by atoms with Crippen molar-refractivity contribution in [2.75, 3.05) is 6.61 Å². The summed E-state index contributed by atoms with van der Waals surface area (Å²) < 4.78 is 5.77. The molecule has 0 bridgehead atoms. The molecule has 16 heavy (non-hydrogen) atoms. The van der Waals surface area contributed by atoms with Crippen molar-refractivity contribution in [1.29, 1.82) is 0 Å². The molecule has 90 valence electrons. The van der Waals surface area contributed by atoms with E-state index >= 15 is 0 Å². The fourth-order valence-corrected chi connectivity index (χ4v) is 1.70. The van der Waals surface area contributed by atoms with E-state index in [1.54, 1.807) is 0 Å². The van der Waals surface area contributed by atoms with Crippen LogP contribution in [0.25, 0.3) is 0 Å². The molecule has 0 aliphatic carbocycles. The number of rotatable bonds is 5. The van der Waals surface area contributed by atoms with E-state index in [2.05, 4.69) is 32.9 Å². The maximum absolute atomic E-state index is 5.85.